The number of carbonyl (C=O) groups is 1. The summed E-state index contributed by atoms with van der Waals surface area (Å²) in [4.78, 5) is 12.8. The Balaban J connectivity index is 1.70. The smallest absolute Gasteiger partial charge is 0.251 e. The molecule has 3 aromatic rings. The van der Waals surface area contributed by atoms with Gasteiger partial charge in [0.15, 0.2) is 0 Å². The third-order valence-corrected chi connectivity index (χ3v) is 7.65. The van der Waals surface area contributed by atoms with Crippen LogP contribution in [0, 0.1) is 11.6 Å². The predicted molar refractivity (Wildman–Crippen MR) is 149 cm³/mol. The molecule has 7 nitrogen and oxygen atoms in total. The molecule has 1 unspecified atom stereocenters. The van der Waals surface area contributed by atoms with Gasteiger partial charge in [-0.2, -0.15) is 0 Å². The lowest BCUT2D eigenvalue weighted by Crippen LogP contribution is -2.47. The highest BCUT2D eigenvalue weighted by Gasteiger charge is 2.21. The first-order valence-corrected chi connectivity index (χ1v) is 14.6. The first kappa shape index (κ1) is 30.2. The Hall–Kier alpha value is -3.34. The Kier molecular flexibility index (Phi) is 11.0. The van der Waals surface area contributed by atoms with Gasteiger partial charge in [-0.05, 0) is 66.3 Å². The number of carbonyl (C=O) groups excluding carboxylic acids is 1. The van der Waals surface area contributed by atoms with E-state index < -0.39 is 39.7 Å². The molecule has 4 N–H and O–H groups in total. The summed E-state index contributed by atoms with van der Waals surface area (Å²) in [6, 6.07) is 16.6. The standard InChI is InChI=1S/C29H35F2N3O4S/c1-3-11-39(37,38)34-26-10-6-9-23(16-26)29(36)33-19-28(35)27(15-22-13-24(30)17-25(31)14-22)32-18-21-8-5-7-20(4-2)12-21/h5-10,12-14,16-17,27-28,32,34-35H,3-4,11,15,18-19H2,1-2H3,(H,33,36)/t27?,28-/m1/s1. The van der Waals surface area contributed by atoms with Crippen molar-refractivity contribution in [1.82, 2.24) is 10.6 Å². The van der Waals surface area contributed by atoms with Gasteiger partial charge in [0.2, 0.25) is 10.0 Å². The maximum Gasteiger partial charge on any atom is 0.251 e. The molecule has 0 heterocycles. The number of sulfonamides is 1. The van der Waals surface area contributed by atoms with Gasteiger partial charge in [0, 0.05) is 36.4 Å². The van der Waals surface area contributed by atoms with Gasteiger partial charge in [-0.15, -0.1) is 0 Å². The molecule has 0 bridgehead atoms. The number of aryl methyl sites for hydroxylation is 1. The van der Waals surface area contributed by atoms with Crippen molar-refractivity contribution >= 4 is 21.6 Å². The largest absolute Gasteiger partial charge is 0.390 e. The number of aliphatic hydroxyl groups excluding tert-OH is 1. The Morgan fingerprint density at radius 1 is 0.923 bits per heavy atom. The van der Waals surface area contributed by atoms with E-state index in [0.29, 0.717) is 18.5 Å². The highest BCUT2D eigenvalue weighted by molar-refractivity contribution is 7.92. The number of hydrogen-bond acceptors (Lipinski definition) is 5. The lowest BCUT2D eigenvalue weighted by molar-refractivity contribution is 0.0875. The number of amides is 1. The van der Waals surface area contributed by atoms with Gasteiger partial charge in [-0.25, -0.2) is 17.2 Å². The molecule has 39 heavy (non-hydrogen) atoms. The average molecular weight is 560 g/mol. The fourth-order valence-corrected chi connectivity index (χ4v) is 5.33. The summed E-state index contributed by atoms with van der Waals surface area (Å²) >= 11 is 0. The molecule has 0 saturated carbocycles. The SMILES string of the molecule is CCCS(=O)(=O)Nc1cccc(C(=O)NC[C@@H](O)C(Cc2cc(F)cc(F)c2)NCc2cccc(CC)c2)c1. The van der Waals surface area contributed by atoms with Crippen LogP contribution in [0.15, 0.2) is 66.7 Å². The molecule has 0 aromatic heterocycles. The van der Waals surface area contributed by atoms with Gasteiger partial charge in [-0.3, -0.25) is 9.52 Å². The molecule has 2 atom stereocenters. The molecule has 0 saturated heterocycles. The van der Waals surface area contributed by atoms with Crippen molar-refractivity contribution in [3.05, 3.63) is 101 Å². The van der Waals surface area contributed by atoms with E-state index in [-0.39, 0.29) is 30.0 Å². The molecule has 0 aliphatic carbocycles. The summed E-state index contributed by atoms with van der Waals surface area (Å²) in [6.07, 6.45) is 0.347. The van der Waals surface area contributed by atoms with E-state index in [9.17, 15) is 27.1 Å². The number of anilines is 1. The fraction of sp³-hybridized carbons (Fsp3) is 0.345. The normalized spacial score (nSPS) is 13.1. The summed E-state index contributed by atoms with van der Waals surface area (Å²) in [7, 11) is -3.52. The Morgan fingerprint density at radius 2 is 1.62 bits per heavy atom. The van der Waals surface area contributed by atoms with Gasteiger partial charge in [-0.1, -0.05) is 44.2 Å². The number of benzene rings is 3. The molecule has 210 valence electrons. The average Bonchev–Trinajstić information content (AvgIpc) is 2.88. The first-order valence-electron chi connectivity index (χ1n) is 12.9. The molecule has 0 radical (unpaired) electrons. The highest BCUT2D eigenvalue weighted by atomic mass is 32.2. The van der Waals surface area contributed by atoms with Gasteiger partial charge < -0.3 is 15.7 Å². The fourth-order valence-electron chi connectivity index (χ4n) is 4.20. The van der Waals surface area contributed by atoms with Crippen LogP contribution in [-0.2, 0) is 29.4 Å². The van der Waals surface area contributed by atoms with Crippen LogP contribution in [-0.4, -0.2) is 43.9 Å². The van der Waals surface area contributed by atoms with Crippen LogP contribution in [0.1, 0.15) is 47.3 Å². The van der Waals surface area contributed by atoms with Crippen molar-refractivity contribution in [2.75, 3.05) is 17.0 Å². The van der Waals surface area contributed by atoms with Crippen molar-refractivity contribution in [3.63, 3.8) is 0 Å². The third kappa shape index (κ3) is 9.72. The van der Waals surface area contributed by atoms with E-state index in [1.165, 1.54) is 24.3 Å². The molecule has 3 aromatic carbocycles. The summed E-state index contributed by atoms with van der Waals surface area (Å²) in [5, 5.41) is 16.9. The number of aliphatic hydroxyl groups is 1. The van der Waals surface area contributed by atoms with E-state index in [1.807, 2.05) is 24.3 Å². The van der Waals surface area contributed by atoms with E-state index in [2.05, 4.69) is 22.3 Å². The van der Waals surface area contributed by atoms with E-state index in [1.54, 1.807) is 19.1 Å². The summed E-state index contributed by atoms with van der Waals surface area (Å²) in [5.41, 5.74) is 2.99. The van der Waals surface area contributed by atoms with E-state index >= 15 is 0 Å². The molecular weight excluding hydrogens is 524 g/mol. The van der Waals surface area contributed by atoms with E-state index in [4.69, 9.17) is 0 Å². The maximum atomic E-state index is 13.8. The molecule has 1 amide bonds. The van der Waals surface area contributed by atoms with Crippen LogP contribution in [0.5, 0.6) is 0 Å². The quantitative estimate of drug-likeness (QED) is 0.237. The second-order valence-electron chi connectivity index (χ2n) is 9.42. The van der Waals surface area contributed by atoms with Gasteiger partial charge in [0.05, 0.1) is 11.9 Å². The maximum absolute atomic E-state index is 13.8. The van der Waals surface area contributed by atoms with Crippen molar-refractivity contribution in [1.29, 1.82) is 0 Å². The topological polar surface area (TPSA) is 108 Å². The van der Waals surface area contributed by atoms with Crippen LogP contribution < -0.4 is 15.4 Å². The van der Waals surface area contributed by atoms with Crippen LogP contribution in [0.2, 0.25) is 0 Å². The molecule has 0 aliphatic heterocycles. The van der Waals surface area contributed by atoms with Crippen LogP contribution in [0.3, 0.4) is 0 Å². The lowest BCUT2D eigenvalue weighted by atomic mass is 10.00. The zero-order chi connectivity index (χ0) is 28.4. The summed E-state index contributed by atoms with van der Waals surface area (Å²) in [5.74, 6) is -1.97. The Labute approximate surface area is 228 Å². The third-order valence-electron chi connectivity index (χ3n) is 6.15. The number of hydrogen-bond donors (Lipinski definition) is 4. The van der Waals surface area contributed by atoms with Crippen molar-refractivity contribution in [3.8, 4) is 0 Å². The first-order chi connectivity index (χ1) is 18.6. The van der Waals surface area contributed by atoms with E-state index in [0.717, 1.165) is 23.6 Å². The van der Waals surface area contributed by atoms with Crippen LogP contribution in [0.25, 0.3) is 0 Å². The number of halogens is 2. The molecule has 3 rings (SSSR count). The molecule has 0 spiro atoms. The molecule has 10 heteroatoms. The van der Waals surface area contributed by atoms with Crippen LogP contribution >= 0.6 is 0 Å². The second-order valence-corrected chi connectivity index (χ2v) is 11.3. The summed E-state index contributed by atoms with van der Waals surface area (Å²) in [6.45, 7) is 4.07. The minimum Gasteiger partial charge on any atom is -0.390 e. The van der Waals surface area contributed by atoms with Crippen molar-refractivity contribution in [2.24, 2.45) is 0 Å². The van der Waals surface area contributed by atoms with Gasteiger partial charge in [0.25, 0.3) is 5.91 Å². The van der Waals surface area contributed by atoms with Crippen molar-refractivity contribution in [2.45, 2.75) is 51.8 Å². The van der Waals surface area contributed by atoms with Gasteiger partial charge >= 0.3 is 0 Å². The lowest BCUT2D eigenvalue weighted by Gasteiger charge is -2.25. The predicted octanol–water partition coefficient (Wildman–Crippen LogP) is 4.17. The zero-order valence-electron chi connectivity index (χ0n) is 22.1. The molecule has 0 aliphatic rings. The number of rotatable bonds is 14. The highest BCUT2D eigenvalue weighted by Crippen LogP contribution is 2.15. The number of nitrogens with one attached hydrogen (secondary N) is 3. The molecular formula is C29H35F2N3O4S. The van der Waals surface area contributed by atoms with Crippen molar-refractivity contribution < 1.29 is 27.1 Å². The minimum atomic E-state index is -3.52. The second kappa shape index (κ2) is 14.2. The van der Waals surface area contributed by atoms with Gasteiger partial charge in [0.1, 0.15) is 11.6 Å². The zero-order valence-corrected chi connectivity index (χ0v) is 22.9. The Bertz CT molecular complexity index is 1350. The van der Waals surface area contributed by atoms with Crippen LogP contribution in [0.4, 0.5) is 14.5 Å². The monoisotopic (exact) mass is 559 g/mol. The molecule has 0 fully saturated rings. The minimum absolute atomic E-state index is 0.0397. The Morgan fingerprint density at radius 3 is 2.31 bits per heavy atom. The summed E-state index contributed by atoms with van der Waals surface area (Å²) < 4.78 is 54.2.